The topological polar surface area (TPSA) is 105 Å². The van der Waals surface area contributed by atoms with Crippen molar-refractivity contribution < 1.29 is 0 Å². The van der Waals surface area contributed by atoms with Crippen molar-refractivity contribution in [1.82, 2.24) is 20.4 Å². The van der Waals surface area contributed by atoms with E-state index in [1.807, 2.05) is 30.3 Å². The second kappa shape index (κ2) is 5.28. The summed E-state index contributed by atoms with van der Waals surface area (Å²) in [5.74, 6) is 1.40. The first-order valence-corrected chi connectivity index (χ1v) is 6.72. The molecule has 0 saturated carbocycles. The number of nitrogens with two attached hydrogens (primary N) is 1. The van der Waals surface area contributed by atoms with Crippen LogP contribution < -0.4 is 16.4 Å². The molecule has 0 aliphatic rings. The molecule has 1 aromatic carbocycles. The van der Waals surface area contributed by atoms with Crippen LogP contribution in [-0.4, -0.2) is 26.4 Å². The predicted molar refractivity (Wildman–Crippen MR) is 84.6 cm³/mol. The Labute approximate surface area is 122 Å². The molecule has 3 aromatic rings. The Bertz CT molecular complexity index is 763. The summed E-state index contributed by atoms with van der Waals surface area (Å²) >= 11 is 0. The molecule has 0 aliphatic carbocycles. The van der Waals surface area contributed by atoms with E-state index in [2.05, 4.69) is 44.9 Å². The minimum Gasteiger partial charge on any atom is -0.396 e. The van der Waals surface area contributed by atoms with Crippen molar-refractivity contribution in [2.45, 2.75) is 19.9 Å². The van der Waals surface area contributed by atoms with Gasteiger partial charge in [-0.3, -0.25) is 0 Å². The molecule has 21 heavy (non-hydrogen) atoms. The number of rotatable bonds is 4. The van der Waals surface area contributed by atoms with E-state index in [4.69, 9.17) is 5.73 Å². The highest BCUT2D eigenvalue weighted by Crippen LogP contribution is 2.24. The Morgan fingerprint density at radius 3 is 2.71 bits per heavy atom. The lowest BCUT2D eigenvalue weighted by molar-refractivity contribution is 0.890. The number of nitrogens with zero attached hydrogens (tertiary/aromatic N) is 3. The van der Waals surface area contributed by atoms with Crippen molar-refractivity contribution in [1.29, 1.82) is 0 Å². The fourth-order valence-electron chi connectivity index (χ4n) is 2.00. The van der Waals surface area contributed by atoms with Crippen LogP contribution >= 0.6 is 0 Å². The van der Waals surface area contributed by atoms with Crippen molar-refractivity contribution >= 4 is 34.0 Å². The summed E-state index contributed by atoms with van der Waals surface area (Å²) in [5.41, 5.74) is 9.02. The quantitative estimate of drug-likeness (QED) is 0.586. The van der Waals surface area contributed by atoms with Gasteiger partial charge >= 0.3 is 0 Å². The number of aromatic amines is 1. The number of aromatic nitrogens is 4. The van der Waals surface area contributed by atoms with Crippen molar-refractivity contribution in [3.05, 3.63) is 30.3 Å². The van der Waals surface area contributed by atoms with E-state index in [0.29, 0.717) is 17.5 Å². The van der Waals surface area contributed by atoms with Crippen molar-refractivity contribution in [2.75, 3.05) is 16.4 Å². The molecule has 5 N–H and O–H groups in total. The highest BCUT2D eigenvalue weighted by molar-refractivity contribution is 5.80. The Hall–Kier alpha value is -2.83. The highest BCUT2D eigenvalue weighted by atomic mass is 15.3. The van der Waals surface area contributed by atoms with Crippen molar-refractivity contribution in [3.8, 4) is 0 Å². The van der Waals surface area contributed by atoms with Crippen LogP contribution in [0, 0.1) is 0 Å². The summed E-state index contributed by atoms with van der Waals surface area (Å²) in [7, 11) is 0. The van der Waals surface area contributed by atoms with E-state index < -0.39 is 0 Å². The van der Waals surface area contributed by atoms with Crippen molar-refractivity contribution in [2.24, 2.45) is 0 Å². The Morgan fingerprint density at radius 1 is 1.10 bits per heavy atom. The fraction of sp³-hybridized carbons (Fsp3) is 0.214. The molecule has 0 aliphatic heterocycles. The van der Waals surface area contributed by atoms with E-state index in [9.17, 15) is 0 Å². The second-order valence-electron chi connectivity index (χ2n) is 5.09. The van der Waals surface area contributed by atoms with Gasteiger partial charge < -0.3 is 16.4 Å². The Kier molecular flexibility index (Phi) is 3.31. The predicted octanol–water partition coefficient (Wildman–Crippen LogP) is 2.50. The van der Waals surface area contributed by atoms with Gasteiger partial charge in [0.1, 0.15) is 16.9 Å². The average molecular weight is 283 g/mol. The zero-order valence-electron chi connectivity index (χ0n) is 11.9. The monoisotopic (exact) mass is 283 g/mol. The van der Waals surface area contributed by atoms with Crippen LogP contribution in [0.2, 0.25) is 0 Å². The third-order valence-corrected chi connectivity index (χ3v) is 2.94. The van der Waals surface area contributed by atoms with Crippen LogP contribution in [-0.2, 0) is 0 Å². The average Bonchev–Trinajstić information content (AvgIpc) is 2.89. The van der Waals surface area contributed by atoms with Crippen LogP contribution in [0.4, 0.5) is 23.0 Å². The number of benzene rings is 1. The Balaban J connectivity index is 1.88. The number of H-pyrrole nitrogens is 1. The van der Waals surface area contributed by atoms with E-state index in [1.54, 1.807) is 0 Å². The summed E-state index contributed by atoms with van der Waals surface area (Å²) in [4.78, 5) is 4.48. The number of hydrogen-bond acceptors (Lipinski definition) is 6. The van der Waals surface area contributed by atoms with Crippen molar-refractivity contribution in [3.63, 3.8) is 0 Å². The highest BCUT2D eigenvalue weighted by Gasteiger charge is 2.06. The van der Waals surface area contributed by atoms with Gasteiger partial charge in [0.2, 0.25) is 0 Å². The molecule has 2 aromatic heterocycles. The van der Waals surface area contributed by atoms with Crippen LogP contribution in [0.5, 0.6) is 0 Å². The SMILES string of the molecule is CC(C)Nc1ccc(N)c(Nc2ccc3n[nH]nc3c2)n1. The van der Waals surface area contributed by atoms with Crippen LogP contribution in [0.3, 0.4) is 0 Å². The molecule has 0 spiro atoms. The van der Waals surface area contributed by atoms with E-state index in [1.165, 1.54) is 0 Å². The molecule has 0 atom stereocenters. The van der Waals surface area contributed by atoms with Crippen LogP contribution in [0.25, 0.3) is 11.0 Å². The molecule has 108 valence electrons. The van der Waals surface area contributed by atoms with Gasteiger partial charge in [-0.2, -0.15) is 15.4 Å². The maximum Gasteiger partial charge on any atom is 0.156 e. The lowest BCUT2D eigenvalue weighted by Crippen LogP contribution is -2.12. The molecule has 0 radical (unpaired) electrons. The largest absolute Gasteiger partial charge is 0.396 e. The molecular weight excluding hydrogens is 266 g/mol. The Morgan fingerprint density at radius 2 is 1.90 bits per heavy atom. The lowest BCUT2D eigenvalue weighted by atomic mass is 10.2. The zero-order chi connectivity index (χ0) is 14.8. The molecular formula is C14H17N7. The third kappa shape index (κ3) is 2.86. The third-order valence-electron chi connectivity index (χ3n) is 2.94. The number of fused-ring (bicyclic) bond motifs is 1. The normalized spacial score (nSPS) is 11.0. The van der Waals surface area contributed by atoms with Gasteiger partial charge in [-0.25, -0.2) is 4.98 Å². The van der Waals surface area contributed by atoms with E-state index >= 15 is 0 Å². The van der Waals surface area contributed by atoms with Crippen LogP contribution in [0.15, 0.2) is 30.3 Å². The number of nitrogens with one attached hydrogen (secondary N) is 3. The smallest absolute Gasteiger partial charge is 0.156 e. The molecule has 0 saturated heterocycles. The molecule has 2 heterocycles. The first kappa shape index (κ1) is 13.2. The first-order chi connectivity index (χ1) is 10.1. The van der Waals surface area contributed by atoms with Gasteiger partial charge in [-0.1, -0.05) is 0 Å². The van der Waals surface area contributed by atoms with Gasteiger partial charge in [-0.15, -0.1) is 0 Å². The summed E-state index contributed by atoms with van der Waals surface area (Å²) in [6, 6.07) is 9.68. The number of nitrogen functional groups attached to an aromatic ring is 1. The molecule has 3 rings (SSSR count). The minimum absolute atomic E-state index is 0.306. The lowest BCUT2D eigenvalue weighted by Gasteiger charge is -2.13. The maximum atomic E-state index is 5.97. The van der Waals surface area contributed by atoms with E-state index in [-0.39, 0.29) is 0 Å². The number of hydrogen-bond donors (Lipinski definition) is 4. The summed E-state index contributed by atoms with van der Waals surface area (Å²) in [5, 5.41) is 17.1. The molecule has 0 fully saturated rings. The summed E-state index contributed by atoms with van der Waals surface area (Å²) in [6.07, 6.45) is 0. The van der Waals surface area contributed by atoms with Gasteiger partial charge in [0, 0.05) is 11.7 Å². The van der Waals surface area contributed by atoms with E-state index in [0.717, 1.165) is 22.5 Å². The molecule has 7 nitrogen and oxygen atoms in total. The fourth-order valence-corrected chi connectivity index (χ4v) is 2.00. The molecule has 0 bridgehead atoms. The first-order valence-electron chi connectivity index (χ1n) is 6.72. The van der Waals surface area contributed by atoms with Gasteiger partial charge in [-0.05, 0) is 44.2 Å². The molecule has 0 amide bonds. The van der Waals surface area contributed by atoms with Crippen LogP contribution in [0.1, 0.15) is 13.8 Å². The molecule has 7 heteroatoms. The second-order valence-corrected chi connectivity index (χ2v) is 5.09. The number of pyridine rings is 1. The van der Waals surface area contributed by atoms with Gasteiger partial charge in [0.25, 0.3) is 0 Å². The summed E-state index contributed by atoms with van der Waals surface area (Å²) < 4.78 is 0. The summed E-state index contributed by atoms with van der Waals surface area (Å²) in [6.45, 7) is 4.12. The zero-order valence-corrected chi connectivity index (χ0v) is 11.9. The maximum absolute atomic E-state index is 5.97. The minimum atomic E-state index is 0.306. The number of anilines is 4. The van der Waals surface area contributed by atoms with Gasteiger partial charge in [0.05, 0.1) is 5.69 Å². The standard InChI is InChI=1S/C14H17N7/c1-8(2)16-13-6-4-10(15)14(18-13)17-9-3-5-11-12(7-9)20-21-19-11/h3-8H,15H2,1-2H3,(H2,16,17,18)(H,19,20,21). The van der Waals surface area contributed by atoms with Gasteiger partial charge in [0.15, 0.2) is 5.82 Å². The molecule has 0 unspecified atom stereocenters.